The predicted molar refractivity (Wildman–Crippen MR) is 154 cm³/mol. The van der Waals surface area contributed by atoms with Crippen molar-refractivity contribution in [2.24, 2.45) is 5.92 Å². The molecule has 1 saturated heterocycles. The lowest BCUT2D eigenvalue weighted by atomic mass is 9.96. The Balaban J connectivity index is 1.62. The van der Waals surface area contributed by atoms with Gasteiger partial charge in [-0.25, -0.2) is 9.37 Å². The first-order chi connectivity index (χ1) is 18.8. The summed E-state index contributed by atoms with van der Waals surface area (Å²) in [5, 5.41) is 28.5. The first kappa shape index (κ1) is 29.2. The number of aliphatic hydroxyl groups is 1. The number of hydrogen-bond acceptors (Lipinski definition) is 10. The largest absolute Gasteiger partial charge is 0.494 e. The van der Waals surface area contributed by atoms with Gasteiger partial charge in [-0.1, -0.05) is 11.6 Å². The molecule has 0 radical (unpaired) electrons. The standard InChI is InChI=1S/C27H33ClFN7O4/c1-27(2,37)17-10-19(29)18(28)11-20(17)31-25-6-8-30-26(33-25)32-21-12-23(36(38)39)22(13-24(21)40-5)35-9-7-16(15-35)14-34(3)4/h6,8,10-13,16,37H,7,9,14-15H2,1-5H3,(H2,30,31,32,33)/t16-/m0/s1. The van der Waals surface area contributed by atoms with Crippen molar-refractivity contribution in [3.05, 3.63) is 63.0 Å². The number of benzene rings is 2. The minimum absolute atomic E-state index is 0.0566. The van der Waals surface area contributed by atoms with Crippen LogP contribution < -0.4 is 20.3 Å². The summed E-state index contributed by atoms with van der Waals surface area (Å²) in [7, 11) is 5.52. The summed E-state index contributed by atoms with van der Waals surface area (Å²) in [4.78, 5) is 24.5. The quantitative estimate of drug-likeness (QED) is 0.217. The summed E-state index contributed by atoms with van der Waals surface area (Å²) < 4.78 is 19.7. The summed E-state index contributed by atoms with van der Waals surface area (Å²) in [5.41, 5.74) is 0.0411. The van der Waals surface area contributed by atoms with E-state index >= 15 is 0 Å². The van der Waals surface area contributed by atoms with E-state index in [9.17, 15) is 19.6 Å². The van der Waals surface area contributed by atoms with E-state index < -0.39 is 16.3 Å². The SMILES string of the molecule is COc1cc(N2CC[C@@H](CN(C)C)C2)c([N+](=O)[O-])cc1Nc1nccc(Nc2cc(Cl)c(F)cc2C(C)(C)O)n1. The number of hydrogen-bond donors (Lipinski definition) is 3. The molecule has 1 aliphatic rings. The van der Waals surface area contributed by atoms with Crippen LogP contribution in [-0.4, -0.2) is 65.7 Å². The molecule has 13 heteroatoms. The first-order valence-electron chi connectivity index (χ1n) is 12.7. The van der Waals surface area contributed by atoms with Gasteiger partial charge in [0, 0.05) is 49.2 Å². The Bertz CT molecular complexity index is 1400. The third kappa shape index (κ3) is 6.69. The molecule has 40 heavy (non-hydrogen) atoms. The predicted octanol–water partition coefficient (Wildman–Crippen LogP) is 5.29. The smallest absolute Gasteiger partial charge is 0.294 e. The van der Waals surface area contributed by atoms with Gasteiger partial charge in [-0.2, -0.15) is 4.98 Å². The molecule has 0 bridgehead atoms. The lowest BCUT2D eigenvalue weighted by Gasteiger charge is -2.23. The first-order valence-corrected chi connectivity index (χ1v) is 13.1. The number of halogens is 2. The molecule has 1 aliphatic heterocycles. The normalized spacial score (nSPS) is 15.4. The van der Waals surface area contributed by atoms with Crippen LogP contribution in [0.2, 0.25) is 5.02 Å². The van der Waals surface area contributed by atoms with Gasteiger partial charge < -0.3 is 30.3 Å². The number of nitrogens with zero attached hydrogens (tertiary/aromatic N) is 5. The second kappa shape index (κ2) is 11.8. The van der Waals surface area contributed by atoms with Crippen molar-refractivity contribution in [1.82, 2.24) is 14.9 Å². The van der Waals surface area contributed by atoms with Crippen LogP contribution in [0, 0.1) is 21.8 Å². The Morgan fingerprint density at radius 3 is 2.67 bits per heavy atom. The highest BCUT2D eigenvalue weighted by atomic mass is 35.5. The number of anilines is 5. The topological polar surface area (TPSA) is 129 Å². The van der Waals surface area contributed by atoms with E-state index in [0.717, 1.165) is 13.0 Å². The van der Waals surface area contributed by atoms with Crippen molar-refractivity contribution in [3.8, 4) is 5.75 Å². The minimum Gasteiger partial charge on any atom is -0.494 e. The van der Waals surface area contributed by atoms with Crippen molar-refractivity contribution in [2.45, 2.75) is 25.9 Å². The molecule has 1 aromatic heterocycles. The lowest BCUT2D eigenvalue weighted by Crippen LogP contribution is -2.26. The van der Waals surface area contributed by atoms with Gasteiger partial charge in [0.05, 0.1) is 28.3 Å². The van der Waals surface area contributed by atoms with Crippen molar-refractivity contribution in [2.75, 3.05) is 56.4 Å². The van der Waals surface area contributed by atoms with Gasteiger partial charge in [0.25, 0.3) is 5.69 Å². The fourth-order valence-corrected chi connectivity index (χ4v) is 5.01. The van der Waals surface area contributed by atoms with Crippen LogP contribution in [0.3, 0.4) is 0 Å². The zero-order chi connectivity index (χ0) is 29.2. The van der Waals surface area contributed by atoms with E-state index in [-0.39, 0.29) is 22.2 Å². The van der Waals surface area contributed by atoms with Crippen LogP contribution in [0.4, 0.5) is 38.9 Å². The van der Waals surface area contributed by atoms with E-state index in [1.165, 1.54) is 45.4 Å². The van der Waals surface area contributed by atoms with Gasteiger partial charge in [0.2, 0.25) is 5.95 Å². The van der Waals surface area contributed by atoms with Crippen LogP contribution in [-0.2, 0) is 5.60 Å². The summed E-state index contributed by atoms with van der Waals surface area (Å²) in [6.45, 7) is 5.39. The highest BCUT2D eigenvalue weighted by Gasteiger charge is 2.30. The Labute approximate surface area is 237 Å². The maximum atomic E-state index is 14.1. The zero-order valence-corrected chi connectivity index (χ0v) is 23.8. The Morgan fingerprint density at radius 2 is 2.02 bits per heavy atom. The molecule has 1 atom stereocenters. The van der Waals surface area contributed by atoms with E-state index in [1.807, 2.05) is 19.0 Å². The molecule has 11 nitrogen and oxygen atoms in total. The van der Waals surface area contributed by atoms with Crippen molar-refractivity contribution >= 4 is 46.1 Å². The van der Waals surface area contributed by atoms with Crippen molar-refractivity contribution < 1.29 is 19.2 Å². The fourth-order valence-electron chi connectivity index (χ4n) is 4.84. The van der Waals surface area contributed by atoms with Gasteiger partial charge in [0.15, 0.2) is 0 Å². The molecular formula is C27H33ClFN7O4. The Hall–Kier alpha value is -3.74. The van der Waals surface area contributed by atoms with Gasteiger partial charge >= 0.3 is 0 Å². The van der Waals surface area contributed by atoms with E-state index in [0.29, 0.717) is 47.6 Å². The number of nitro benzene ring substituents is 1. The molecule has 0 spiro atoms. The molecule has 0 aliphatic carbocycles. The van der Waals surface area contributed by atoms with Crippen LogP contribution >= 0.6 is 11.6 Å². The number of methoxy groups -OCH3 is 1. The molecule has 0 saturated carbocycles. The van der Waals surface area contributed by atoms with Gasteiger partial charge in [-0.15, -0.1) is 0 Å². The average molecular weight is 574 g/mol. The molecule has 3 aromatic rings. The highest BCUT2D eigenvalue weighted by Crippen LogP contribution is 2.41. The molecular weight excluding hydrogens is 541 g/mol. The van der Waals surface area contributed by atoms with Crippen LogP contribution in [0.25, 0.3) is 0 Å². The number of nitrogens with one attached hydrogen (secondary N) is 2. The maximum Gasteiger partial charge on any atom is 0.294 e. The zero-order valence-electron chi connectivity index (χ0n) is 23.0. The molecule has 3 N–H and O–H groups in total. The van der Waals surface area contributed by atoms with Crippen molar-refractivity contribution in [3.63, 3.8) is 0 Å². The minimum atomic E-state index is -1.36. The summed E-state index contributed by atoms with van der Waals surface area (Å²) in [6, 6.07) is 7.20. The maximum absolute atomic E-state index is 14.1. The Kier molecular flexibility index (Phi) is 8.62. The van der Waals surface area contributed by atoms with Crippen molar-refractivity contribution in [1.29, 1.82) is 0 Å². The number of nitro groups is 1. The van der Waals surface area contributed by atoms with Gasteiger partial charge in [0.1, 0.15) is 23.1 Å². The van der Waals surface area contributed by atoms with E-state index in [1.54, 1.807) is 12.1 Å². The van der Waals surface area contributed by atoms with Crippen LogP contribution in [0.15, 0.2) is 36.5 Å². The molecule has 2 aromatic carbocycles. The van der Waals surface area contributed by atoms with E-state index in [4.69, 9.17) is 16.3 Å². The molecule has 0 unspecified atom stereocenters. The number of rotatable bonds is 10. The number of ether oxygens (including phenoxy) is 1. The van der Waals surface area contributed by atoms with E-state index in [2.05, 4.69) is 25.5 Å². The van der Waals surface area contributed by atoms with Gasteiger partial charge in [-0.3, -0.25) is 10.1 Å². The summed E-state index contributed by atoms with van der Waals surface area (Å²) in [6.07, 6.45) is 2.43. The summed E-state index contributed by atoms with van der Waals surface area (Å²) >= 11 is 5.99. The van der Waals surface area contributed by atoms with Gasteiger partial charge in [-0.05, 0) is 58.5 Å². The molecule has 4 rings (SSSR count). The Morgan fingerprint density at radius 1 is 1.27 bits per heavy atom. The molecule has 0 amide bonds. The molecule has 1 fully saturated rings. The van der Waals surface area contributed by atoms with Crippen LogP contribution in [0.1, 0.15) is 25.8 Å². The lowest BCUT2D eigenvalue weighted by molar-refractivity contribution is -0.384. The fraction of sp³-hybridized carbons (Fsp3) is 0.407. The monoisotopic (exact) mass is 573 g/mol. The molecule has 214 valence electrons. The third-order valence-electron chi connectivity index (χ3n) is 6.63. The number of aromatic nitrogens is 2. The highest BCUT2D eigenvalue weighted by molar-refractivity contribution is 6.31. The average Bonchev–Trinajstić information content (AvgIpc) is 3.33. The summed E-state index contributed by atoms with van der Waals surface area (Å²) in [5.74, 6) is 0.604. The van der Waals surface area contributed by atoms with Crippen LogP contribution in [0.5, 0.6) is 5.75 Å². The second-order valence-electron chi connectivity index (χ2n) is 10.5. The third-order valence-corrected chi connectivity index (χ3v) is 6.92. The molecule has 2 heterocycles. The second-order valence-corrected chi connectivity index (χ2v) is 11.0.